The molecule has 92 valence electrons. The van der Waals surface area contributed by atoms with Crippen molar-refractivity contribution in [3.63, 3.8) is 0 Å². The van der Waals surface area contributed by atoms with Crippen molar-refractivity contribution in [1.82, 2.24) is 15.0 Å². The first-order chi connectivity index (χ1) is 9.31. The molecule has 1 unspecified atom stereocenters. The predicted octanol–water partition coefficient (Wildman–Crippen LogP) is 0.492. The van der Waals surface area contributed by atoms with Gasteiger partial charge in [0.05, 0.1) is 17.2 Å². The highest BCUT2D eigenvalue weighted by Crippen LogP contribution is 2.18. The summed E-state index contributed by atoms with van der Waals surface area (Å²) in [5, 5.41) is 2.63. The maximum absolute atomic E-state index is 5.69. The average Bonchev–Trinajstić information content (AvgIpc) is 3.04. The van der Waals surface area contributed by atoms with Gasteiger partial charge in [-0.25, -0.2) is 20.0 Å². The van der Waals surface area contributed by atoms with E-state index >= 15 is 0 Å². The third-order valence-electron chi connectivity index (χ3n) is 3.11. The summed E-state index contributed by atoms with van der Waals surface area (Å²) in [4.78, 5) is 20.8. The van der Waals surface area contributed by atoms with Gasteiger partial charge in [0.15, 0.2) is 6.17 Å². The highest BCUT2D eigenvalue weighted by Gasteiger charge is 2.16. The minimum Gasteiger partial charge on any atom is -0.384 e. The Morgan fingerprint density at radius 2 is 2.11 bits per heavy atom. The van der Waals surface area contributed by atoms with Crippen LogP contribution in [0.3, 0.4) is 0 Å². The Labute approximate surface area is 107 Å². The van der Waals surface area contributed by atoms with Gasteiger partial charge in [0.2, 0.25) is 0 Å². The summed E-state index contributed by atoms with van der Waals surface area (Å²) in [5.41, 5.74) is 7.26. The highest BCUT2D eigenvalue weighted by atomic mass is 15.1. The minimum atomic E-state index is -0.333. The number of anilines is 1. The van der Waals surface area contributed by atoms with Crippen LogP contribution in [0.5, 0.6) is 0 Å². The fourth-order valence-electron chi connectivity index (χ4n) is 2.24. The summed E-state index contributed by atoms with van der Waals surface area (Å²) in [5.74, 6) is 0.476. The minimum absolute atomic E-state index is 0.333. The summed E-state index contributed by atoms with van der Waals surface area (Å²) < 4.78 is 0. The van der Waals surface area contributed by atoms with E-state index in [1.807, 2.05) is 24.4 Å². The normalized spacial score (nSPS) is 16.9. The van der Waals surface area contributed by atoms with Crippen molar-refractivity contribution in [3.05, 3.63) is 53.1 Å². The smallest absolute Gasteiger partial charge is 0.183 e. The molecular formula is C13H10N6. The average molecular weight is 250 g/mol. The molecule has 3 aromatic rings. The summed E-state index contributed by atoms with van der Waals surface area (Å²) in [6, 6.07) is 7.43. The molecule has 0 bridgehead atoms. The van der Waals surface area contributed by atoms with Crippen molar-refractivity contribution in [1.29, 1.82) is 0 Å². The van der Waals surface area contributed by atoms with Gasteiger partial charge < -0.3 is 10.7 Å². The molecule has 3 N–H and O–H groups in total. The van der Waals surface area contributed by atoms with Crippen LogP contribution in [0.4, 0.5) is 5.82 Å². The number of nitrogens with one attached hydrogen (secondary N) is 1. The molecule has 6 nitrogen and oxygen atoms in total. The van der Waals surface area contributed by atoms with Crippen molar-refractivity contribution < 1.29 is 0 Å². The fourth-order valence-corrected chi connectivity index (χ4v) is 2.24. The molecule has 4 rings (SSSR count). The predicted molar refractivity (Wildman–Crippen MR) is 69.8 cm³/mol. The van der Waals surface area contributed by atoms with E-state index in [0.29, 0.717) is 5.82 Å². The van der Waals surface area contributed by atoms with Crippen LogP contribution in [0.15, 0.2) is 46.6 Å². The molecule has 1 atom stereocenters. The molecule has 0 saturated heterocycles. The summed E-state index contributed by atoms with van der Waals surface area (Å²) in [7, 11) is 0. The van der Waals surface area contributed by atoms with Gasteiger partial charge in [0, 0.05) is 11.6 Å². The zero-order chi connectivity index (χ0) is 12.8. The van der Waals surface area contributed by atoms with Gasteiger partial charge in [-0.1, -0.05) is 6.07 Å². The Hall–Kier alpha value is -2.76. The van der Waals surface area contributed by atoms with Crippen molar-refractivity contribution in [2.75, 3.05) is 5.73 Å². The lowest BCUT2D eigenvalue weighted by molar-refractivity contribution is 0.742. The monoisotopic (exact) mass is 250 g/mol. The lowest BCUT2D eigenvalue weighted by Crippen LogP contribution is -2.22. The van der Waals surface area contributed by atoms with Gasteiger partial charge >= 0.3 is 0 Å². The topological polar surface area (TPSA) is 92.3 Å². The molecule has 0 amide bonds. The number of hydrogen-bond donors (Lipinski definition) is 2. The van der Waals surface area contributed by atoms with Crippen LogP contribution in [0.1, 0.15) is 11.9 Å². The standard InChI is InChI=1S/C13H10N6/c14-10-3-1-2-8(17-10)13-18-9-6-16-12-7(4-5-15-12)11(9)19-13/h1-6,13,15H,(H2,14,17). The van der Waals surface area contributed by atoms with Crippen molar-refractivity contribution in [3.8, 4) is 0 Å². The number of nitrogens with two attached hydrogens (primary N) is 1. The third kappa shape index (κ3) is 1.50. The van der Waals surface area contributed by atoms with Crippen molar-refractivity contribution in [2.45, 2.75) is 6.17 Å². The number of hydrogen-bond acceptors (Lipinski definition) is 5. The molecule has 0 fully saturated rings. The molecule has 4 heterocycles. The molecule has 19 heavy (non-hydrogen) atoms. The van der Waals surface area contributed by atoms with E-state index < -0.39 is 0 Å². The number of aromatic amines is 1. The molecule has 6 heteroatoms. The van der Waals surface area contributed by atoms with Gasteiger partial charge in [-0.2, -0.15) is 0 Å². The Balaban J connectivity index is 1.95. The second-order valence-electron chi connectivity index (χ2n) is 4.35. The molecular weight excluding hydrogens is 240 g/mol. The van der Waals surface area contributed by atoms with E-state index in [2.05, 4.69) is 24.9 Å². The van der Waals surface area contributed by atoms with Crippen LogP contribution in [0.25, 0.3) is 11.0 Å². The largest absolute Gasteiger partial charge is 0.384 e. The molecule has 0 aromatic carbocycles. The number of aromatic nitrogens is 3. The molecule has 1 aliphatic heterocycles. The Morgan fingerprint density at radius 3 is 3.00 bits per heavy atom. The van der Waals surface area contributed by atoms with Crippen molar-refractivity contribution in [2.24, 2.45) is 9.98 Å². The van der Waals surface area contributed by atoms with Crippen LogP contribution in [0, 0.1) is 0 Å². The Kier molecular flexibility index (Phi) is 1.94. The maximum Gasteiger partial charge on any atom is 0.183 e. The Bertz CT molecular complexity index is 895. The second kappa shape index (κ2) is 3.61. The lowest BCUT2D eigenvalue weighted by atomic mass is 10.3. The van der Waals surface area contributed by atoms with E-state index in [-0.39, 0.29) is 6.17 Å². The molecule has 0 saturated carbocycles. The van der Waals surface area contributed by atoms with Crippen LogP contribution < -0.4 is 16.4 Å². The van der Waals surface area contributed by atoms with E-state index in [1.54, 1.807) is 12.3 Å². The first-order valence-corrected chi connectivity index (χ1v) is 5.91. The van der Waals surface area contributed by atoms with Crippen molar-refractivity contribution >= 4 is 16.9 Å². The van der Waals surface area contributed by atoms with E-state index in [9.17, 15) is 0 Å². The second-order valence-corrected chi connectivity index (χ2v) is 4.35. The number of fused-ring (bicyclic) bond motifs is 3. The summed E-state index contributed by atoms with van der Waals surface area (Å²) in [6.07, 6.45) is 3.24. The number of rotatable bonds is 1. The van der Waals surface area contributed by atoms with Gasteiger partial charge in [0.1, 0.15) is 16.8 Å². The molecule has 3 aromatic heterocycles. The van der Waals surface area contributed by atoms with Crippen LogP contribution in [-0.2, 0) is 0 Å². The third-order valence-corrected chi connectivity index (χ3v) is 3.11. The van der Waals surface area contributed by atoms with E-state index in [4.69, 9.17) is 5.73 Å². The van der Waals surface area contributed by atoms with E-state index in [0.717, 1.165) is 27.4 Å². The van der Waals surface area contributed by atoms with Gasteiger partial charge in [-0.15, -0.1) is 0 Å². The molecule has 0 aliphatic carbocycles. The summed E-state index contributed by atoms with van der Waals surface area (Å²) in [6.45, 7) is 0. The maximum atomic E-state index is 5.69. The van der Waals surface area contributed by atoms with Gasteiger partial charge in [0.25, 0.3) is 0 Å². The van der Waals surface area contributed by atoms with Crippen LogP contribution in [0.2, 0.25) is 0 Å². The van der Waals surface area contributed by atoms with Crippen LogP contribution >= 0.6 is 0 Å². The summed E-state index contributed by atoms with van der Waals surface area (Å²) >= 11 is 0. The highest BCUT2D eigenvalue weighted by molar-refractivity contribution is 5.74. The number of nitrogens with zero attached hydrogens (tertiary/aromatic N) is 4. The first-order valence-electron chi connectivity index (χ1n) is 5.91. The fraction of sp³-hybridized carbons (Fsp3) is 0.0769. The Morgan fingerprint density at radius 1 is 1.16 bits per heavy atom. The lowest BCUT2D eigenvalue weighted by Gasteiger charge is -2.03. The van der Waals surface area contributed by atoms with Crippen LogP contribution in [-0.4, -0.2) is 15.0 Å². The first kappa shape index (κ1) is 10.2. The zero-order valence-corrected chi connectivity index (χ0v) is 9.91. The van der Waals surface area contributed by atoms with Gasteiger partial charge in [-0.3, -0.25) is 0 Å². The quantitative estimate of drug-likeness (QED) is 0.658. The zero-order valence-electron chi connectivity index (χ0n) is 9.91. The van der Waals surface area contributed by atoms with E-state index in [1.165, 1.54) is 0 Å². The SMILES string of the molecule is Nc1cccc(C2N=c3cnc4[nH]ccc4c3=N2)n1. The number of pyridine rings is 2. The number of nitrogen functional groups attached to an aromatic ring is 1. The molecule has 1 aliphatic rings. The number of H-pyrrole nitrogens is 1. The molecule has 0 radical (unpaired) electrons. The molecule has 0 spiro atoms. The van der Waals surface area contributed by atoms with Gasteiger partial charge in [-0.05, 0) is 18.2 Å².